The van der Waals surface area contributed by atoms with Gasteiger partial charge in [-0.3, -0.25) is 0 Å². The molecule has 0 atom stereocenters. The maximum Gasteiger partial charge on any atom is 0.144 e. The normalized spacial score (nSPS) is 13.8. The number of amidine groups is 1. The number of rotatable bonds is 7. The Kier molecular flexibility index (Phi) is 6.41. The smallest absolute Gasteiger partial charge is 0.144 e. The summed E-state index contributed by atoms with van der Waals surface area (Å²) in [5.41, 5.74) is 5.42. The van der Waals surface area contributed by atoms with Crippen LogP contribution in [0.3, 0.4) is 0 Å². The van der Waals surface area contributed by atoms with Gasteiger partial charge in [0, 0.05) is 12.0 Å². The van der Waals surface area contributed by atoms with Crippen molar-refractivity contribution in [2.24, 2.45) is 22.2 Å². The molecule has 0 amide bonds. The summed E-state index contributed by atoms with van der Waals surface area (Å²) in [5, 5.41) is 11.7. The fourth-order valence-electron chi connectivity index (χ4n) is 1.77. The lowest BCUT2D eigenvalue weighted by Gasteiger charge is -2.25. The number of nitrogens with two attached hydrogens (primary N) is 1. The van der Waals surface area contributed by atoms with Crippen molar-refractivity contribution in [1.29, 1.82) is 0 Å². The molecule has 0 aromatic carbocycles. The quantitative estimate of drug-likeness (QED) is 0.304. The summed E-state index contributed by atoms with van der Waals surface area (Å²) in [6.07, 6.45) is 2.00. The highest BCUT2D eigenvalue weighted by Gasteiger charge is 2.22. The van der Waals surface area contributed by atoms with Crippen LogP contribution in [0.15, 0.2) is 5.16 Å². The number of hydrogen-bond donors (Lipinski definition) is 2. The van der Waals surface area contributed by atoms with Crippen LogP contribution in [-0.4, -0.2) is 36.1 Å². The zero-order chi connectivity index (χ0) is 12.8. The van der Waals surface area contributed by atoms with Crippen molar-refractivity contribution in [2.45, 2.75) is 40.5 Å². The first kappa shape index (κ1) is 15.2. The van der Waals surface area contributed by atoms with Crippen molar-refractivity contribution in [2.75, 3.05) is 20.1 Å². The van der Waals surface area contributed by atoms with Crippen LogP contribution >= 0.6 is 0 Å². The predicted octanol–water partition coefficient (Wildman–Crippen LogP) is 2.13. The third-order valence-electron chi connectivity index (χ3n) is 2.82. The van der Waals surface area contributed by atoms with E-state index < -0.39 is 0 Å². The maximum absolute atomic E-state index is 8.65. The molecule has 0 rings (SSSR count). The van der Waals surface area contributed by atoms with E-state index in [1.807, 2.05) is 13.8 Å². The molecule has 0 aliphatic heterocycles. The standard InChI is InChI=1S/C12H27N3O/c1-10(2)9-15(5)8-6-7-12(3,4)11(13)14-16/h10,16H,6-9H2,1-5H3,(H2,13,14). The van der Waals surface area contributed by atoms with Gasteiger partial charge in [0.05, 0.1) is 0 Å². The summed E-state index contributed by atoms with van der Waals surface area (Å²) in [5.74, 6) is 1.01. The molecule has 0 bridgehead atoms. The van der Waals surface area contributed by atoms with Crippen LogP contribution < -0.4 is 5.73 Å². The van der Waals surface area contributed by atoms with E-state index in [-0.39, 0.29) is 5.41 Å². The second-order valence-electron chi connectivity index (χ2n) is 5.63. The van der Waals surface area contributed by atoms with E-state index >= 15 is 0 Å². The van der Waals surface area contributed by atoms with Crippen LogP contribution in [0.5, 0.6) is 0 Å². The molecule has 0 heterocycles. The Balaban J connectivity index is 3.89. The van der Waals surface area contributed by atoms with E-state index in [2.05, 4.69) is 31.0 Å². The van der Waals surface area contributed by atoms with E-state index in [1.165, 1.54) is 0 Å². The highest BCUT2D eigenvalue weighted by Crippen LogP contribution is 2.22. The van der Waals surface area contributed by atoms with Gasteiger partial charge >= 0.3 is 0 Å². The molecular weight excluding hydrogens is 202 g/mol. The second kappa shape index (κ2) is 6.74. The highest BCUT2D eigenvalue weighted by atomic mass is 16.4. The van der Waals surface area contributed by atoms with Gasteiger partial charge in [0.15, 0.2) is 0 Å². The molecule has 0 aromatic rings. The summed E-state index contributed by atoms with van der Waals surface area (Å²) in [6.45, 7) is 10.6. The van der Waals surface area contributed by atoms with Crippen molar-refractivity contribution >= 4 is 5.84 Å². The molecule has 16 heavy (non-hydrogen) atoms. The lowest BCUT2D eigenvalue weighted by atomic mass is 9.86. The van der Waals surface area contributed by atoms with E-state index in [0.717, 1.165) is 25.9 Å². The van der Waals surface area contributed by atoms with Crippen LogP contribution in [0.2, 0.25) is 0 Å². The van der Waals surface area contributed by atoms with Crippen LogP contribution in [0.1, 0.15) is 40.5 Å². The van der Waals surface area contributed by atoms with Gasteiger partial charge in [-0.1, -0.05) is 32.9 Å². The largest absolute Gasteiger partial charge is 0.409 e. The van der Waals surface area contributed by atoms with Gasteiger partial charge in [0.2, 0.25) is 0 Å². The van der Waals surface area contributed by atoms with E-state index in [9.17, 15) is 0 Å². The Morgan fingerprint density at radius 1 is 1.44 bits per heavy atom. The van der Waals surface area contributed by atoms with Gasteiger partial charge in [-0.2, -0.15) is 0 Å². The predicted molar refractivity (Wildman–Crippen MR) is 68.8 cm³/mol. The molecule has 0 aliphatic rings. The number of oxime groups is 1. The summed E-state index contributed by atoms with van der Waals surface area (Å²) in [7, 11) is 2.14. The second-order valence-corrected chi connectivity index (χ2v) is 5.63. The lowest BCUT2D eigenvalue weighted by Crippen LogP contribution is -2.33. The Morgan fingerprint density at radius 3 is 2.44 bits per heavy atom. The third kappa shape index (κ3) is 5.95. The Hall–Kier alpha value is -0.770. The maximum atomic E-state index is 8.65. The number of hydrogen-bond acceptors (Lipinski definition) is 3. The molecule has 0 saturated carbocycles. The highest BCUT2D eigenvalue weighted by molar-refractivity contribution is 5.85. The minimum atomic E-state index is -0.215. The SMILES string of the molecule is CC(C)CN(C)CCCC(C)(C)C(N)=NO. The van der Waals surface area contributed by atoms with E-state index in [0.29, 0.717) is 11.8 Å². The van der Waals surface area contributed by atoms with Gasteiger partial charge < -0.3 is 15.8 Å². The molecule has 0 saturated heterocycles. The van der Waals surface area contributed by atoms with E-state index in [1.54, 1.807) is 0 Å². The fraction of sp³-hybridized carbons (Fsp3) is 0.917. The van der Waals surface area contributed by atoms with Crippen molar-refractivity contribution in [3.63, 3.8) is 0 Å². The Labute approximate surface area is 99.5 Å². The molecule has 0 unspecified atom stereocenters. The van der Waals surface area contributed by atoms with Crippen molar-refractivity contribution < 1.29 is 5.21 Å². The van der Waals surface area contributed by atoms with Crippen molar-refractivity contribution in [3.05, 3.63) is 0 Å². The summed E-state index contributed by atoms with van der Waals surface area (Å²) < 4.78 is 0. The van der Waals surface area contributed by atoms with Crippen LogP contribution in [0, 0.1) is 11.3 Å². The number of nitrogens with zero attached hydrogens (tertiary/aromatic N) is 2. The van der Waals surface area contributed by atoms with Crippen molar-refractivity contribution in [1.82, 2.24) is 4.90 Å². The average Bonchev–Trinajstić information content (AvgIpc) is 2.14. The monoisotopic (exact) mass is 229 g/mol. The first-order valence-electron chi connectivity index (χ1n) is 5.96. The lowest BCUT2D eigenvalue weighted by molar-refractivity contribution is 0.272. The first-order valence-corrected chi connectivity index (χ1v) is 5.96. The molecule has 96 valence electrons. The van der Waals surface area contributed by atoms with Crippen LogP contribution in [-0.2, 0) is 0 Å². The van der Waals surface area contributed by atoms with Gasteiger partial charge in [-0.05, 0) is 32.4 Å². The molecule has 0 spiro atoms. The zero-order valence-corrected chi connectivity index (χ0v) is 11.3. The molecular formula is C12H27N3O. The first-order chi connectivity index (χ1) is 7.29. The van der Waals surface area contributed by atoms with E-state index in [4.69, 9.17) is 10.9 Å². The fourth-order valence-corrected chi connectivity index (χ4v) is 1.77. The molecule has 4 nitrogen and oxygen atoms in total. The molecule has 0 radical (unpaired) electrons. The van der Waals surface area contributed by atoms with Gasteiger partial charge in [0.25, 0.3) is 0 Å². The summed E-state index contributed by atoms with van der Waals surface area (Å²) in [4.78, 5) is 2.33. The Morgan fingerprint density at radius 2 is 2.00 bits per heavy atom. The van der Waals surface area contributed by atoms with Gasteiger partial charge in [0.1, 0.15) is 5.84 Å². The molecule has 0 aromatic heterocycles. The van der Waals surface area contributed by atoms with Crippen LogP contribution in [0.25, 0.3) is 0 Å². The Bertz CT molecular complexity index is 224. The topological polar surface area (TPSA) is 61.8 Å². The average molecular weight is 229 g/mol. The minimum Gasteiger partial charge on any atom is -0.409 e. The summed E-state index contributed by atoms with van der Waals surface area (Å²) in [6, 6.07) is 0. The molecule has 0 fully saturated rings. The molecule has 0 aliphatic carbocycles. The van der Waals surface area contributed by atoms with Crippen LogP contribution in [0.4, 0.5) is 0 Å². The van der Waals surface area contributed by atoms with Gasteiger partial charge in [-0.25, -0.2) is 0 Å². The van der Waals surface area contributed by atoms with Gasteiger partial charge in [-0.15, -0.1) is 0 Å². The molecule has 4 heteroatoms. The van der Waals surface area contributed by atoms with Crippen molar-refractivity contribution in [3.8, 4) is 0 Å². The third-order valence-corrected chi connectivity index (χ3v) is 2.82. The summed E-state index contributed by atoms with van der Waals surface area (Å²) >= 11 is 0. The molecule has 3 N–H and O–H groups in total. The minimum absolute atomic E-state index is 0.215. The zero-order valence-electron chi connectivity index (χ0n) is 11.3.